The normalized spacial score (nSPS) is 20.5. The largest absolute Gasteiger partial charge is 0.453 e. The Labute approximate surface area is 171 Å². The van der Waals surface area contributed by atoms with Crippen LogP contribution in [0, 0.1) is 11.7 Å². The van der Waals surface area contributed by atoms with Gasteiger partial charge in [-0.25, -0.2) is 4.39 Å². The first-order chi connectivity index (χ1) is 14.2. The first-order valence-electron chi connectivity index (χ1n) is 10.6. The van der Waals surface area contributed by atoms with Gasteiger partial charge in [-0.05, 0) is 55.6 Å². The number of hydrogen-bond acceptors (Lipinski definition) is 4. The third-order valence-electron chi connectivity index (χ3n) is 6.01. The van der Waals surface area contributed by atoms with Crippen molar-refractivity contribution in [2.75, 3.05) is 13.1 Å². The molecule has 0 bridgehead atoms. The first-order valence-corrected chi connectivity index (χ1v) is 10.6. The molecule has 2 aliphatic rings. The third-order valence-corrected chi connectivity index (χ3v) is 6.01. The summed E-state index contributed by atoms with van der Waals surface area (Å²) in [6.07, 6.45) is 10.6. The van der Waals surface area contributed by atoms with E-state index in [1.807, 2.05) is 0 Å². The molecule has 29 heavy (non-hydrogen) atoms. The predicted molar refractivity (Wildman–Crippen MR) is 109 cm³/mol. The van der Waals surface area contributed by atoms with Crippen molar-refractivity contribution in [3.63, 3.8) is 0 Å². The number of rotatable bonds is 6. The average molecular weight is 397 g/mol. The molecule has 2 heterocycles. The van der Waals surface area contributed by atoms with E-state index in [4.69, 9.17) is 4.74 Å². The lowest BCUT2D eigenvalue weighted by atomic mass is 9.94. The van der Waals surface area contributed by atoms with Gasteiger partial charge in [-0.15, -0.1) is 0 Å². The lowest BCUT2D eigenvalue weighted by molar-refractivity contribution is -0.124. The Balaban J connectivity index is 1.27. The molecular formula is C23H28FN3O2. The Morgan fingerprint density at radius 1 is 1.21 bits per heavy atom. The van der Waals surface area contributed by atoms with Crippen molar-refractivity contribution in [1.82, 2.24) is 15.2 Å². The molecule has 1 aliphatic carbocycles. The summed E-state index contributed by atoms with van der Waals surface area (Å²) < 4.78 is 19.9. The molecule has 6 heteroatoms. The topological polar surface area (TPSA) is 54.5 Å². The van der Waals surface area contributed by atoms with Crippen molar-refractivity contribution in [1.29, 1.82) is 0 Å². The summed E-state index contributed by atoms with van der Waals surface area (Å²) >= 11 is 0. The standard InChI is InChI=1S/C23H28FN3O2/c24-21-13-17(8-9-22(21)29-20-7-4-11-25-15-20)14-26-23(28)18-10-12-27(16-18)19-5-2-1-3-6-19/h4,7-9,11,13,15,18-19H,1-3,5-6,10,12,14,16H2,(H,26,28). The zero-order valence-corrected chi connectivity index (χ0v) is 16.6. The van der Waals surface area contributed by atoms with E-state index in [2.05, 4.69) is 15.2 Å². The van der Waals surface area contributed by atoms with E-state index in [1.165, 1.54) is 44.4 Å². The summed E-state index contributed by atoms with van der Waals surface area (Å²) in [6.45, 7) is 2.18. The zero-order valence-electron chi connectivity index (χ0n) is 16.6. The second kappa shape index (κ2) is 9.35. The predicted octanol–water partition coefficient (Wildman–Crippen LogP) is 4.28. The first kappa shape index (κ1) is 19.8. The average Bonchev–Trinajstić information content (AvgIpc) is 3.26. The van der Waals surface area contributed by atoms with Gasteiger partial charge in [0.2, 0.25) is 5.91 Å². The minimum Gasteiger partial charge on any atom is -0.453 e. The van der Waals surface area contributed by atoms with Gasteiger partial charge >= 0.3 is 0 Å². The molecular weight excluding hydrogens is 369 g/mol. The summed E-state index contributed by atoms with van der Waals surface area (Å²) in [5.41, 5.74) is 0.719. The van der Waals surface area contributed by atoms with Crippen LogP contribution in [0.3, 0.4) is 0 Å². The van der Waals surface area contributed by atoms with Gasteiger partial charge in [-0.3, -0.25) is 14.7 Å². The summed E-state index contributed by atoms with van der Waals surface area (Å²) in [5, 5.41) is 2.98. The van der Waals surface area contributed by atoms with Gasteiger partial charge in [0, 0.05) is 25.3 Å². The molecule has 2 fully saturated rings. The van der Waals surface area contributed by atoms with Gasteiger partial charge in [-0.2, -0.15) is 0 Å². The fourth-order valence-corrected chi connectivity index (χ4v) is 4.38. The molecule has 1 aromatic heterocycles. The maximum absolute atomic E-state index is 14.4. The number of halogens is 1. The number of nitrogens with one attached hydrogen (secondary N) is 1. The van der Waals surface area contributed by atoms with Gasteiger partial charge in [0.15, 0.2) is 11.6 Å². The molecule has 1 aliphatic heterocycles. The van der Waals surface area contributed by atoms with Gasteiger partial charge in [0.1, 0.15) is 5.75 Å². The molecule has 4 rings (SSSR count). The number of carbonyl (C=O) groups excluding carboxylic acids is 1. The van der Waals surface area contributed by atoms with E-state index >= 15 is 0 Å². The van der Waals surface area contributed by atoms with Crippen LogP contribution in [0.4, 0.5) is 4.39 Å². The summed E-state index contributed by atoms with van der Waals surface area (Å²) in [6, 6.07) is 8.88. The Morgan fingerprint density at radius 3 is 2.83 bits per heavy atom. The quantitative estimate of drug-likeness (QED) is 0.790. The molecule has 1 aromatic carbocycles. The highest BCUT2D eigenvalue weighted by Crippen LogP contribution is 2.28. The molecule has 5 nitrogen and oxygen atoms in total. The molecule has 154 valence electrons. The molecule has 1 amide bonds. The second-order valence-corrected chi connectivity index (χ2v) is 8.05. The fraction of sp³-hybridized carbons (Fsp3) is 0.478. The highest BCUT2D eigenvalue weighted by atomic mass is 19.1. The second-order valence-electron chi connectivity index (χ2n) is 8.05. The maximum atomic E-state index is 14.4. The zero-order chi connectivity index (χ0) is 20.1. The minimum absolute atomic E-state index is 0.0370. The van der Waals surface area contributed by atoms with E-state index < -0.39 is 5.82 Å². The van der Waals surface area contributed by atoms with Crippen LogP contribution >= 0.6 is 0 Å². The number of ether oxygens (including phenoxy) is 1. The van der Waals surface area contributed by atoms with E-state index in [9.17, 15) is 9.18 Å². The summed E-state index contributed by atoms with van der Waals surface area (Å²) in [4.78, 5) is 19.0. The van der Waals surface area contributed by atoms with Gasteiger partial charge in [-0.1, -0.05) is 25.3 Å². The molecule has 2 aromatic rings. The van der Waals surface area contributed by atoms with Crippen molar-refractivity contribution in [2.45, 2.75) is 51.1 Å². The van der Waals surface area contributed by atoms with Crippen molar-refractivity contribution >= 4 is 5.91 Å². The summed E-state index contributed by atoms with van der Waals surface area (Å²) in [5.74, 6) is 0.280. The van der Waals surface area contributed by atoms with E-state index in [0.717, 1.165) is 25.1 Å². The van der Waals surface area contributed by atoms with Crippen LogP contribution in [0.5, 0.6) is 11.5 Å². The van der Waals surface area contributed by atoms with Crippen molar-refractivity contribution in [3.8, 4) is 11.5 Å². The van der Waals surface area contributed by atoms with Crippen LogP contribution in [0.1, 0.15) is 44.1 Å². The van der Waals surface area contributed by atoms with Crippen LogP contribution in [0.25, 0.3) is 0 Å². The Hall–Kier alpha value is -2.47. The lowest BCUT2D eigenvalue weighted by Crippen LogP contribution is -2.37. The molecule has 1 saturated carbocycles. The molecule has 0 spiro atoms. The molecule has 1 N–H and O–H groups in total. The molecule has 1 saturated heterocycles. The van der Waals surface area contributed by atoms with Gasteiger partial charge in [0.25, 0.3) is 0 Å². The number of hydrogen-bond donors (Lipinski definition) is 1. The van der Waals surface area contributed by atoms with Crippen molar-refractivity contribution in [2.24, 2.45) is 5.92 Å². The van der Waals surface area contributed by atoms with Crippen LogP contribution in [0.15, 0.2) is 42.7 Å². The van der Waals surface area contributed by atoms with Crippen molar-refractivity contribution in [3.05, 3.63) is 54.1 Å². The summed E-state index contributed by atoms with van der Waals surface area (Å²) in [7, 11) is 0. The van der Waals surface area contributed by atoms with Gasteiger partial charge < -0.3 is 10.1 Å². The van der Waals surface area contributed by atoms with Crippen molar-refractivity contribution < 1.29 is 13.9 Å². The number of carbonyl (C=O) groups is 1. The maximum Gasteiger partial charge on any atom is 0.224 e. The molecule has 1 unspecified atom stereocenters. The van der Waals surface area contributed by atoms with Crippen LogP contribution in [-0.2, 0) is 11.3 Å². The lowest BCUT2D eigenvalue weighted by Gasteiger charge is -2.30. The minimum atomic E-state index is -0.454. The van der Waals surface area contributed by atoms with E-state index in [-0.39, 0.29) is 17.6 Å². The Bertz CT molecular complexity index is 824. The highest BCUT2D eigenvalue weighted by molar-refractivity contribution is 5.79. The SMILES string of the molecule is O=C(NCc1ccc(Oc2cccnc2)c(F)c1)C1CCN(C2CCCCC2)C1. The number of pyridine rings is 1. The Kier molecular flexibility index (Phi) is 6.39. The number of benzene rings is 1. The van der Waals surface area contributed by atoms with E-state index in [1.54, 1.807) is 30.5 Å². The number of amides is 1. The smallest absolute Gasteiger partial charge is 0.224 e. The van der Waals surface area contributed by atoms with Crippen LogP contribution in [-0.4, -0.2) is 34.9 Å². The molecule has 1 atom stereocenters. The third kappa shape index (κ3) is 5.12. The number of nitrogens with zero attached hydrogens (tertiary/aromatic N) is 2. The van der Waals surface area contributed by atoms with Crippen LogP contribution < -0.4 is 10.1 Å². The van der Waals surface area contributed by atoms with Crippen LogP contribution in [0.2, 0.25) is 0 Å². The van der Waals surface area contributed by atoms with Gasteiger partial charge in [0.05, 0.1) is 12.1 Å². The highest BCUT2D eigenvalue weighted by Gasteiger charge is 2.32. The Morgan fingerprint density at radius 2 is 2.07 bits per heavy atom. The monoisotopic (exact) mass is 397 g/mol. The van der Waals surface area contributed by atoms with E-state index in [0.29, 0.717) is 18.3 Å². The number of aromatic nitrogens is 1. The fourth-order valence-electron chi connectivity index (χ4n) is 4.38. The number of likely N-dealkylation sites (tertiary alicyclic amines) is 1. The molecule has 0 radical (unpaired) electrons.